The van der Waals surface area contributed by atoms with Gasteiger partial charge in [-0.05, 0) is 57.2 Å². The summed E-state index contributed by atoms with van der Waals surface area (Å²) in [5.41, 5.74) is 1.79. The van der Waals surface area contributed by atoms with Crippen molar-refractivity contribution in [3.8, 4) is 34.3 Å². The Morgan fingerprint density at radius 1 is 1.16 bits per heavy atom. The molecule has 0 aliphatic carbocycles. The molecule has 0 aliphatic heterocycles. The van der Waals surface area contributed by atoms with E-state index in [1.165, 1.54) is 6.26 Å². The maximum absolute atomic E-state index is 11.6. The van der Waals surface area contributed by atoms with E-state index in [1.54, 1.807) is 43.3 Å². The molecule has 4 rings (SSSR count). The van der Waals surface area contributed by atoms with Gasteiger partial charge in [0.1, 0.15) is 17.1 Å². The molecule has 2 heterocycles. The Kier molecular flexibility index (Phi) is 6.32. The molecule has 4 aromatic rings. The quantitative estimate of drug-likeness (QED) is 0.319. The molecular weight excluding hydrogens is 436 g/mol. The van der Waals surface area contributed by atoms with Crippen molar-refractivity contribution in [2.75, 3.05) is 13.2 Å². The molecule has 0 spiro atoms. The molecule has 9 heteroatoms. The number of rotatable bonds is 8. The zero-order valence-electron chi connectivity index (χ0n) is 17.8. The van der Waals surface area contributed by atoms with Crippen molar-refractivity contribution >= 4 is 28.5 Å². The maximum atomic E-state index is 11.6. The van der Waals surface area contributed by atoms with Gasteiger partial charge in [-0.1, -0.05) is 16.8 Å². The highest BCUT2D eigenvalue weighted by Gasteiger charge is 2.18. The molecule has 166 valence electrons. The molecule has 0 atom stereocenters. The van der Waals surface area contributed by atoms with Gasteiger partial charge in [0.2, 0.25) is 5.82 Å². The smallest absolute Gasteiger partial charge is 0.344 e. The summed E-state index contributed by atoms with van der Waals surface area (Å²) >= 11 is 6.32. The van der Waals surface area contributed by atoms with E-state index in [-0.39, 0.29) is 12.7 Å². The van der Waals surface area contributed by atoms with Gasteiger partial charge < -0.3 is 23.2 Å². The van der Waals surface area contributed by atoms with Crippen molar-refractivity contribution in [3.63, 3.8) is 0 Å². The predicted molar refractivity (Wildman–Crippen MR) is 118 cm³/mol. The van der Waals surface area contributed by atoms with Crippen LogP contribution < -0.4 is 9.47 Å². The van der Waals surface area contributed by atoms with Crippen LogP contribution in [-0.4, -0.2) is 35.4 Å². The minimum absolute atomic E-state index is 0.00769. The van der Waals surface area contributed by atoms with E-state index in [9.17, 15) is 4.79 Å². The van der Waals surface area contributed by atoms with Crippen molar-refractivity contribution in [2.24, 2.45) is 0 Å². The Morgan fingerprint density at radius 3 is 2.72 bits per heavy atom. The molecule has 0 bridgehead atoms. The third kappa shape index (κ3) is 4.55. The number of aromatic nitrogens is 2. The van der Waals surface area contributed by atoms with Crippen LogP contribution in [0.3, 0.4) is 0 Å². The van der Waals surface area contributed by atoms with Gasteiger partial charge in [0.15, 0.2) is 6.61 Å². The summed E-state index contributed by atoms with van der Waals surface area (Å²) in [6.45, 7) is 5.69. The van der Waals surface area contributed by atoms with Crippen LogP contribution in [0.25, 0.3) is 33.8 Å². The van der Waals surface area contributed by atoms with Crippen molar-refractivity contribution in [1.82, 2.24) is 10.1 Å². The first kappa shape index (κ1) is 21.7. The largest absolute Gasteiger partial charge is 0.489 e. The first-order valence-corrected chi connectivity index (χ1v) is 10.4. The lowest BCUT2D eigenvalue weighted by Crippen LogP contribution is -2.14. The van der Waals surface area contributed by atoms with Gasteiger partial charge in [-0.2, -0.15) is 4.98 Å². The molecule has 0 N–H and O–H groups in total. The molecule has 0 saturated carbocycles. The number of furan rings is 1. The van der Waals surface area contributed by atoms with Gasteiger partial charge >= 0.3 is 5.97 Å². The lowest BCUT2D eigenvalue weighted by molar-refractivity contribution is -0.145. The highest BCUT2D eigenvalue weighted by Crippen LogP contribution is 2.36. The molecule has 0 radical (unpaired) electrons. The van der Waals surface area contributed by atoms with Crippen molar-refractivity contribution in [3.05, 3.63) is 47.7 Å². The third-order valence-electron chi connectivity index (χ3n) is 4.44. The van der Waals surface area contributed by atoms with Crippen LogP contribution in [0.5, 0.6) is 11.5 Å². The summed E-state index contributed by atoms with van der Waals surface area (Å²) in [7, 11) is 0. The van der Waals surface area contributed by atoms with E-state index < -0.39 is 5.97 Å². The van der Waals surface area contributed by atoms with Crippen LogP contribution in [0.4, 0.5) is 0 Å². The number of carbonyl (C=O) groups is 1. The van der Waals surface area contributed by atoms with Gasteiger partial charge in [0.25, 0.3) is 5.89 Å². The number of hydrogen-bond acceptors (Lipinski definition) is 8. The Bertz CT molecular complexity index is 1250. The van der Waals surface area contributed by atoms with Crippen molar-refractivity contribution in [2.45, 2.75) is 26.9 Å². The van der Waals surface area contributed by atoms with Gasteiger partial charge in [-0.15, -0.1) is 0 Å². The topological polar surface area (TPSA) is 96.8 Å². The van der Waals surface area contributed by atoms with Gasteiger partial charge in [0.05, 0.1) is 34.9 Å². The van der Waals surface area contributed by atoms with Gasteiger partial charge in [-0.3, -0.25) is 0 Å². The normalized spacial score (nSPS) is 11.2. The second-order valence-corrected chi connectivity index (χ2v) is 7.51. The molecule has 0 aliphatic rings. The molecule has 32 heavy (non-hydrogen) atoms. The van der Waals surface area contributed by atoms with E-state index >= 15 is 0 Å². The van der Waals surface area contributed by atoms with Crippen molar-refractivity contribution in [1.29, 1.82) is 0 Å². The standard InChI is InChI=1S/C23H21ClN2O6/c1-4-28-20(27)12-30-18-8-6-16(21-15(18)9-10-29-21)22-25-23(32-26-22)14-5-7-19(17(24)11-14)31-13(2)3/h5-11,13H,4,12H2,1-3H3. The van der Waals surface area contributed by atoms with Crippen LogP contribution in [0.15, 0.2) is 51.6 Å². The van der Waals surface area contributed by atoms with E-state index in [0.717, 1.165) is 0 Å². The molecular formula is C23H21ClN2O6. The molecule has 2 aromatic heterocycles. The molecule has 0 fully saturated rings. The lowest BCUT2D eigenvalue weighted by Gasteiger charge is -2.11. The number of ether oxygens (including phenoxy) is 3. The predicted octanol–water partition coefficient (Wildman–Crippen LogP) is 5.53. The zero-order chi connectivity index (χ0) is 22.7. The van der Waals surface area contributed by atoms with Gasteiger partial charge in [-0.25, -0.2) is 4.79 Å². The lowest BCUT2D eigenvalue weighted by atomic mass is 10.1. The highest BCUT2D eigenvalue weighted by atomic mass is 35.5. The number of halogens is 1. The number of fused-ring (bicyclic) bond motifs is 1. The zero-order valence-corrected chi connectivity index (χ0v) is 18.5. The fourth-order valence-corrected chi connectivity index (χ4v) is 3.34. The molecule has 0 amide bonds. The fraction of sp³-hybridized carbons (Fsp3) is 0.261. The van der Waals surface area contributed by atoms with Crippen molar-refractivity contribution < 1.29 is 27.9 Å². The van der Waals surface area contributed by atoms with E-state index in [2.05, 4.69) is 10.1 Å². The second kappa shape index (κ2) is 9.32. The minimum Gasteiger partial charge on any atom is -0.489 e. The van der Waals surface area contributed by atoms with Gasteiger partial charge in [0, 0.05) is 5.56 Å². The minimum atomic E-state index is -0.445. The van der Waals surface area contributed by atoms with Crippen LogP contribution in [0, 0.1) is 0 Å². The fourth-order valence-electron chi connectivity index (χ4n) is 3.11. The van der Waals surface area contributed by atoms with E-state index in [1.807, 2.05) is 13.8 Å². The Labute approximate surface area is 189 Å². The number of esters is 1. The molecule has 8 nitrogen and oxygen atoms in total. The molecule has 2 aromatic carbocycles. The highest BCUT2D eigenvalue weighted by molar-refractivity contribution is 6.32. The summed E-state index contributed by atoms with van der Waals surface area (Å²) in [6.07, 6.45) is 1.54. The molecule has 0 unspecified atom stereocenters. The summed E-state index contributed by atoms with van der Waals surface area (Å²) in [5, 5.41) is 5.21. The van der Waals surface area contributed by atoms with Crippen LogP contribution in [0.2, 0.25) is 5.02 Å². The van der Waals surface area contributed by atoms with E-state index in [0.29, 0.717) is 56.9 Å². The Balaban J connectivity index is 1.60. The average molecular weight is 457 g/mol. The summed E-state index contributed by atoms with van der Waals surface area (Å²) < 4.78 is 27.2. The second-order valence-electron chi connectivity index (χ2n) is 7.10. The maximum Gasteiger partial charge on any atom is 0.344 e. The Hall–Kier alpha value is -3.52. The number of nitrogens with zero attached hydrogens (tertiary/aromatic N) is 2. The third-order valence-corrected chi connectivity index (χ3v) is 4.73. The van der Waals surface area contributed by atoms with Crippen LogP contribution >= 0.6 is 11.6 Å². The number of hydrogen-bond donors (Lipinski definition) is 0. The van der Waals surface area contributed by atoms with E-state index in [4.69, 9.17) is 34.8 Å². The first-order valence-electron chi connectivity index (χ1n) is 10.1. The summed E-state index contributed by atoms with van der Waals surface area (Å²) in [6, 6.07) is 10.5. The monoisotopic (exact) mass is 456 g/mol. The Morgan fingerprint density at radius 2 is 1.97 bits per heavy atom. The van der Waals surface area contributed by atoms with Crippen LogP contribution in [0.1, 0.15) is 20.8 Å². The first-order chi connectivity index (χ1) is 15.5. The SMILES string of the molecule is CCOC(=O)COc1ccc(-c2noc(-c3ccc(OC(C)C)c(Cl)c3)n2)c2occc12. The number of benzene rings is 2. The molecule has 0 saturated heterocycles. The number of carbonyl (C=O) groups excluding carboxylic acids is 1. The summed E-state index contributed by atoms with van der Waals surface area (Å²) in [5.74, 6) is 1.28. The van der Waals surface area contributed by atoms with Crippen LogP contribution in [-0.2, 0) is 9.53 Å². The average Bonchev–Trinajstić information content (AvgIpc) is 3.43. The summed E-state index contributed by atoms with van der Waals surface area (Å²) in [4.78, 5) is 16.1.